The highest BCUT2D eigenvalue weighted by Crippen LogP contribution is 2.38. The molecule has 2 fully saturated rings. The maximum Gasteiger partial charge on any atom is 0.253 e. The summed E-state index contributed by atoms with van der Waals surface area (Å²) in [5.74, 6) is 3.23. The summed E-state index contributed by atoms with van der Waals surface area (Å²) < 4.78 is 5.50. The van der Waals surface area contributed by atoms with Gasteiger partial charge < -0.3 is 14.5 Å². The van der Waals surface area contributed by atoms with E-state index in [0.717, 1.165) is 43.4 Å². The van der Waals surface area contributed by atoms with Crippen LogP contribution < -0.4 is 4.74 Å². The van der Waals surface area contributed by atoms with Crippen LogP contribution >= 0.6 is 0 Å². The van der Waals surface area contributed by atoms with E-state index in [1.165, 1.54) is 24.9 Å². The van der Waals surface area contributed by atoms with Gasteiger partial charge in [-0.2, -0.15) is 0 Å². The highest BCUT2D eigenvalue weighted by Gasteiger charge is 2.38. The van der Waals surface area contributed by atoms with E-state index in [0.29, 0.717) is 17.8 Å². The Morgan fingerprint density at radius 1 is 1.10 bits per heavy atom. The number of likely N-dealkylation sites (tertiary alicyclic amines) is 1. The number of carbonyl (C=O) groups excluding carboxylic acids is 1. The molecule has 4 nitrogen and oxygen atoms in total. The van der Waals surface area contributed by atoms with Crippen LogP contribution in [0, 0.1) is 17.8 Å². The van der Waals surface area contributed by atoms with E-state index in [1.54, 1.807) is 7.11 Å². The van der Waals surface area contributed by atoms with E-state index in [1.807, 2.05) is 36.4 Å². The van der Waals surface area contributed by atoms with Gasteiger partial charge in [0.1, 0.15) is 5.75 Å². The molecular formula is C27H36N2O2. The van der Waals surface area contributed by atoms with Gasteiger partial charge in [0, 0.05) is 44.2 Å². The first-order valence-corrected chi connectivity index (χ1v) is 11.7. The van der Waals surface area contributed by atoms with E-state index >= 15 is 0 Å². The lowest BCUT2D eigenvalue weighted by Gasteiger charge is -2.30. The summed E-state index contributed by atoms with van der Waals surface area (Å²) in [7, 11) is 1.73. The van der Waals surface area contributed by atoms with Gasteiger partial charge in [-0.15, -0.1) is 0 Å². The number of amides is 1. The third kappa shape index (κ3) is 5.68. The Morgan fingerprint density at radius 3 is 2.55 bits per heavy atom. The van der Waals surface area contributed by atoms with E-state index in [9.17, 15) is 4.79 Å². The van der Waals surface area contributed by atoms with E-state index < -0.39 is 0 Å². The molecule has 0 bridgehead atoms. The van der Waals surface area contributed by atoms with Gasteiger partial charge in [0.05, 0.1) is 7.11 Å². The smallest absolute Gasteiger partial charge is 0.253 e. The first-order chi connectivity index (χ1) is 15.0. The Balaban J connectivity index is 1.56. The first-order valence-electron chi connectivity index (χ1n) is 11.7. The van der Waals surface area contributed by atoms with Gasteiger partial charge in [-0.3, -0.25) is 4.79 Å². The third-order valence-corrected chi connectivity index (χ3v) is 6.60. The lowest BCUT2D eigenvalue weighted by atomic mass is 9.88. The molecule has 2 aromatic rings. The largest absolute Gasteiger partial charge is 0.497 e. The Kier molecular flexibility index (Phi) is 6.96. The number of hydrogen-bond acceptors (Lipinski definition) is 3. The molecule has 2 unspecified atom stereocenters. The molecule has 2 aliphatic rings. The first kappa shape index (κ1) is 21.9. The summed E-state index contributed by atoms with van der Waals surface area (Å²) in [6, 6.07) is 18.3. The van der Waals surface area contributed by atoms with Gasteiger partial charge >= 0.3 is 0 Å². The van der Waals surface area contributed by atoms with E-state index in [4.69, 9.17) is 4.74 Å². The number of rotatable bonds is 9. The standard InChI is InChI=1S/C27H36N2O2/c1-20(2)15-29(27(30)22-8-5-4-6-9-22)18-24-17-28(16-21-12-13-21)19-26(24)23-10-7-11-25(14-23)31-3/h4-11,14,20-21,24,26H,12-13,15-19H2,1-3H3. The normalized spacial score (nSPS) is 21.4. The minimum atomic E-state index is 0.152. The second kappa shape index (κ2) is 9.86. The number of carbonyl (C=O) groups is 1. The van der Waals surface area contributed by atoms with Crippen molar-refractivity contribution in [3.8, 4) is 5.75 Å². The summed E-state index contributed by atoms with van der Waals surface area (Å²) in [5.41, 5.74) is 2.12. The van der Waals surface area contributed by atoms with Crippen molar-refractivity contribution in [3.05, 3.63) is 65.7 Å². The Labute approximate surface area is 187 Å². The second-order valence-electron chi connectivity index (χ2n) is 9.78. The molecule has 1 aliphatic heterocycles. The highest BCUT2D eigenvalue weighted by atomic mass is 16.5. The van der Waals surface area contributed by atoms with Crippen LogP contribution in [-0.2, 0) is 0 Å². The van der Waals surface area contributed by atoms with Gasteiger partial charge in [0.15, 0.2) is 0 Å². The van der Waals surface area contributed by atoms with Crippen LogP contribution in [0.2, 0.25) is 0 Å². The zero-order chi connectivity index (χ0) is 21.8. The van der Waals surface area contributed by atoms with Crippen molar-refractivity contribution in [3.63, 3.8) is 0 Å². The molecule has 0 N–H and O–H groups in total. The molecule has 1 aliphatic carbocycles. The summed E-state index contributed by atoms with van der Waals surface area (Å²) >= 11 is 0. The molecule has 1 amide bonds. The van der Waals surface area contributed by atoms with Gasteiger partial charge in [-0.1, -0.05) is 44.2 Å². The van der Waals surface area contributed by atoms with Crippen molar-refractivity contribution < 1.29 is 9.53 Å². The molecule has 2 atom stereocenters. The number of nitrogens with zero attached hydrogens (tertiary/aromatic N) is 2. The van der Waals surface area contributed by atoms with Crippen molar-refractivity contribution in [2.24, 2.45) is 17.8 Å². The zero-order valence-electron chi connectivity index (χ0n) is 19.2. The van der Waals surface area contributed by atoms with Crippen LogP contribution in [0.3, 0.4) is 0 Å². The molecule has 0 spiro atoms. The lowest BCUT2D eigenvalue weighted by Crippen LogP contribution is -2.39. The third-order valence-electron chi connectivity index (χ3n) is 6.60. The minimum Gasteiger partial charge on any atom is -0.497 e. The molecule has 4 heteroatoms. The molecule has 1 saturated heterocycles. The van der Waals surface area contributed by atoms with Crippen molar-refractivity contribution >= 4 is 5.91 Å². The average molecular weight is 421 g/mol. The van der Waals surface area contributed by atoms with Gasteiger partial charge in [-0.05, 0) is 60.4 Å². The SMILES string of the molecule is COc1cccc(C2CN(CC3CC3)CC2CN(CC(C)C)C(=O)c2ccccc2)c1. The molecule has 2 aromatic carbocycles. The van der Waals surface area contributed by atoms with Crippen LogP contribution in [0.1, 0.15) is 48.5 Å². The van der Waals surface area contributed by atoms with Crippen molar-refractivity contribution in [1.29, 1.82) is 0 Å². The molecule has 1 heterocycles. The van der Waals surface area contributed by atoms with Crippen molar-refractivity contribution in [1.82, 2.24) is 9.80 Å². The van der Waals surface area contributed by atoms with Gasteiger partial charge in [0.25, 0.3) is 5.91 Å². The molecule has 31 heavy (non-hydrogen) atoms. The quantitative estimate of drug-likeness (QED) is 0.577. The fourth-order valence-electron chi connectivity index (χ4n) is 4.94. The van der Waals surface area contributed by atoms with E-state index in [2.05, 4.69) is 41.8 Å². The zero-order valence-corrected chi connectivity index (χ0v) is 19.2. The second-order valence-corrected chi connectivity index (χ2v) is 9.78. The summed E-state index contributed by atoms with van der Waals surface area (Å²) in [6.07, 6.45) is 2.74. The van der Waals surface area contributed by atoms with Gasteiger partial charge in [0.2, 0.25) is 0 Å². The summed E-state index contributed by atoms with van der Waals surface area (Å²) in [6.45, 7) is 9.32. The molecular weight excluding hydrogens is 384 g/mol. The number of ether oxygens (including phenoxy) is 1. The maximum atomic E-state index is 13.4. The maximum absolute atomic E-state index is 13.4. The Hall–Kier alpha value is -2.33. The molecule has 1 saturated carbocycles. The minimum absolute atomic E-state index is 0.152. The van der Waals surface area contributed by atoms with Crippen LogP contribution in [0.4, 0.5) is 0 Å². The Bertz CT molecular complexity index is 863. The van der Waals surface area contributed by atoms with Crippen LogP contribution in [-0.4, -0.2) is 55.5 Å². The average Bonchev–Trinajstić information content (AvgIpc) is 3.51. The van der Waals surface area contributed by atoms with E-state index in [-0.39, 0.29) is 5.91 Å². The number of benzene rings is 2. The number of methoxy groups -OCH3 is 1. The van der Waals surface area contributed by atoms with Crippen LogP contribution in [0.25, 0.3) is 0 Å². The molecule has 0 aromatic heterocycles. The van der Waals surface area contributed by atoms with Crippen molar-refractivity contribution in [2.75, 3.05) is 39.8 Å². The topological polar surface area (TPSA) is 32.8 Å². The summed E-state index contributed by atoms with van der Waals surface area (Å²) in [4.78, 5) is 18.1. The monoisotopic (exact) mass is 420 g/mol. The lowest BCUT2D eigenvalue weighted by molar-refractivity contribution is 0.0703. The van der Waals surface area contributed by atoms with Crippen molar-refractivity contribution in [2.45, 2.75) is 32.6 Å². The van der Waals surface area contributed by atoms with Crippen LogP contribution in [0.15, 0.2) is 54.6 Å². The fraction of sp³-hybridized carbons (Fsp3) is 0.519. The summed E-state index contributed by atoms with van der Waals surface area (Å²) in [5, 5.41) is 0. The predicted molar refractivity (Wildman–Crippen MR) is 126 cm³/mol. The van der Waals surface area contributed by atoms with Crippen LogP contribution in [0.5, 0.6) is 5.75 Å². The highest BCUT2D eigenvalue weighted by molar-refractivity contribution is 5.94. The number of hydrogen-bond donors (Lipinski definition) is 0. The predicted octanol–water partition coefficient (Wildman–Crippen LogP) is 4.92. The molecule has 0 radical (unpaired) electrons. The molecule has 166 valence electrons. The van der Waals surface area contributed by atoms with Gasteiger partial charge in [-0.25, -0.2) is 0 Å². The molecule has 4 rings (SSSR count). The fourth-order valence-corrected chi connectivity index (χ4v) is 4.94. The Morgan fingerprint density at radius 2 is 1.87 bits per heavy atom.